The first kappa shape index (κ1) is 52.6. The molecule has 0 saturated heterocycles. The number of carbonyl (C=O) groups is 2. The fraction of sp³-hybridized carbons (Fsp3) is 0.556. The van der Waals surface area contributed by atoms with Gasteiger partial charge >= 0.3 is 19.8 Å². The first-order chi connectivity index (χ1) is 27.2. The molecule has 56 heavy (non-hydrogen) atoms. The highest BCUT2D eigenvalue weighted by Crippen LogP contribution is 2.43. The molecule has 0 amide bonds. The zero-order valence-electron chi connectivity index (χ0n) is 34.2. The second kappa shape index (κ2) is 39.8. The van der Waals surface area contributed by atoms with Crippen LogP contribution in [0.2, 0.25) is 0 Å². The quantitative estimate of drug-likeness (QED) is 0.0183. The maximum Gasteiger partial charge on any atom is 0.472 e. The van der Waals surface area contributed by atoms with Gasteiger partial charge in [0.2, 0.25) is 0 Å². The van der Waals surface area contributed by atoms with Crippen LogP contribution in [-0.2, 0) is 32.7 Å². The monoisotopic (exact) mass is 801 g/mol. The van der Waals surface area contributed by atoms with E-state index in [1.54, 1.807) is 6.08 Å². The lowest BCUT2D eigenvalue weighted by Crippen LogP contribution is -2.29. The number of unbranched alkanes of at least 4 members (excludes halogenated alkanes) is 5. The highest BCUT2D eigenvalue weighted by molar-refractivity contribution is 7.47. The molecule has 0 rings (SSSR count). The van der Waals surface area contributed by atoms with Crippen molar-refractivity contribution in [3.05, 3.63) is 109 Å². The van der Waals surface area contributed by atoms with Crippen LogP contribution < -0.4 is 5.73 Å². The minimum Gasteiger partial charge on any atom is -0.462 e. The summed E-state index contributed by atoms with van der Waals surface area (Å²) in [5.41, 5.74) is 5.33. The highest BCUT2D eigenvalue weighted by atomic mass is 31.2. The second-order valence-corrected chi connectivity index (χ2v) is 14.4. The van der Waals surface area contributed by atoms with E-state index in [0.29, 0.717) is 25.7 Å². The molecule has 10 nitrogen and oxygen atoms in total. The zero-order chi connectivity index (χ0) is 41.2. The van der Waals surface area contributed by atoms with E-state index >= 15 is 0 Å². The Bertz CT molecular complexity index is 1300. The number of aliphatic hydroxyl groups is 1. The largest absolute Gasteiger partial charge is 0.472 e. The molecule has 0 saturated carbocycles. The third kappa shape index (κ3) is 38.9. The van der Waals surface area contributed by atoms with E-state index in [2.05, 4.69) is 68.5 Å². The lowest BCUT2D eigenvalue weighted by molar-refractivity contribution is -0.161. The van der Waals surface area contributed by atoms with Gasteiger partial charge < -0.3 is 25.2 Å². The minimum absolute atomic E-state index is 0.0265. The Morgan fingerprint density at radius 2 is 1.18 bits per heavy atom. The van der Waals surface area contributed by atoms with Crippen molar-refractivity contribution in [1.82, 2.24) is 0 Å². The van der Waals surface area contributed by atoms with Gasteiger partial charge in [-0.2, -0.15) is 0 Å². The van der Waals surface area contributed by atoms with E-state index in [1.165, 1.54) is 0 Å². The summed E-state index contributed by atoms with van der Waals surface area (Å²) in [7, 11) is -4.42. The average Bonchev–Trinajstić information content (AvgIpc) is 3.18. The molecule has 0 aliphatic heterocycles. The Morgan fingerprint density at radius 3 is 1.82 bits per heavy atom. The van der Waals surface area contributed by atoms with Crippen molar-refractivity contribution in [2.75, 3.05) is 26.4 Å². The molecule has 0 radical (unpaired) electrons. The molecular formula is C45H72NO9P. The lowest BCUT2D eigenvalue weighted by Gasteiger charge is -2.19. The maximum absolute atomic E-state index is 12.6. The minimum atomic E-state index is -4.42. The summed E-state index contributed by atoms with van der Waals surface area (Å²) in [4.78, 5) is 34.8. The number of phosphoric acid groups is 1. The van der Waals surface area contributed by atoms with Gasteiger partial charge in [0.1, 0.15) is 6.61 Å². The molecule has 3 atom stereocenters. The molecule has 0 aromatic rings. The van der Waals surface area contributed by atoms with E-state index in [-0.39, 0.29) is 32.6 Å². The molecule has 2 unspecified atom stereocenters. The van der Waals surface area contributed by atoms with E-state index in [4.69, 9.17) is 24.3 Å². The molecular weight excluding hydrogens is 729 g/mol. The number of hydrogen-bond acceptors (Lipinski definition) is 9. The third-order valence-corrected chi connectivity index (χ3v) is 8.73. The second-order valence-electron chi connectivity index (χ2n) is 12.9. The molecule has 4 N–H and O–H groups in total. The Balaban J connectivity index is 4.42. The van der Waals surface area contributed by atoms with E-state index in [1.807, 2.05) is 48.6 Å². The fourth-order valence-corrected chi connectivity index (χ4v) is 5.52. The van der Waals surface area contributed by atoms with Gasteiger partial charge in [-0.15, -0.1) is 0 Å². The zero-order valence-corrected chi connectivity index (χ0v) is 35.1. The SMILES string of the molecule is CC/C=C\C/C=C\C/C=C\CCCCCCCC(=O)O[C@H](COC(=O)CC/C=C\C/C=C\C/C=C\C=C\C(O)C/C=C\C/C=C\CC)COP(=O)(O)OCCN. The van der Waals surface area contributed by atoms with Crippen molar-refractivity contribution in [3.63, 3.8) is 0 Å². The smallest absolute Gasteiger partial charge is 0.462 e. The summed E-state index contributed by atoms with van der Waals surface area (Å²) < 4.78 is 32.6. The predicted octanol–water partition coefficient (Wildman–Crippen LogP) is 10.6. The number of esters is 2. The van der Waals surface area contributed by atoms with Gasteiger partial charge in [-0.3, -0.25) is 18.6 Å². The Hall–Kier alpha value is -3.37. The standard InChI is InChI=1S/C45H72NO9P/c1-3-5-7-9-11-12-13-14-15-16-17-22-25-29-33-37-45(49)55-43(41-54-56(50,51)53-39-38-46)40-52-44(48)36-32-28-24-21-19-18-20-23-27-31-35-42(47)34-30-26-10-8-6-4-2/h5-8,11-12,14-15,18-19,23-24,26-28,30-31,35,42-43,47H,3-4,9-10,13,16-17,20-22,25,29,32-34,36-41,46H2,1-2H3,(H,50,51)/b7-5-,8-6-,12-11-,15-14-,19-18-,27-23-,28-24-,30-26-,35-31+/t42?,43-/m1/s1. The molecule has 0 aromatic carbocycles. The van der Waals surface area contributed by atoms with Crippen molar-refractivity contribution < 1.29 is 42.7 Å². The highest BCUT2D eigenvalue weighted by Gasteiger charge is 2.25. The van der Waals surface area contributed by atoms with Crippen molar-refractivity contribution in [1.29, 1.82) is 0 Å². The third-order valence-electron chi connectivity index (χ3n) is 7.75. The van der Waals surface area contributed by atoms with Gasteiger partial charge in [-0.1, -0.05) is 142 Å². The van der Waals surface area contributed by atoms with Crippen LogP contribution in [0.5, 0.6) is 0 Å². The van der Waals surface area contributed by atoms with Crippen LogP contribution in [0, 0.1) is 0 Å². The molecule has 0 heterocycles. The number of hydrogen-bond donors (Lipinski definition) is 3. The van der Waals surface area contributed by atoms with Gasteiger partial charge in [-0.25, -0.2) is 4.57 Å². The molecule has 0 spiro atoms. The van der Waals surface area contributed by atoms with Crippen LogP contribution in [0.25, 0.3) is 0 Å². The number of aliphatic hydroxyl groups excluding tert-OH is 1. The van der Waals surface area contributed by atoms with Crippen LogP contribution >= 0.6 is 7.82 Å². The summed E-state index contributed by atoms with van der Waals surface area (Å²) in [5, 5.41) is 9.99. The number of rotatable bonds is 36. The number of nitrogens with two attached hydrogens (primary N) is 1. The molecule has 0 fully saturated rings. The van der Waals surface area contributed by atoms with Gasteiger partial charge in [0, 0.05) is 19.4 Å². The number of phosphoric ester groups is 1. The van der Waals surface area contributed by atoms with Gasteiger partial charge in [0.15, 0.2) is 6.10 Å². The molecule has 0 aromatic heterocycles. The van der Waals surface area contributed by atoms with Crippen molar-refractivity contribution in [3.8, 4) is 0 Å². The molecule has 0 aliphatic carbocycles. The van der Waals surface area contributed by atoms with Crippen LogP contribution in [0.3, 0.4) is 0 Å². The van der Waals surface area contributed by atoms with Crippen molar-refractivity contribution in [2.24, 2.45) is 5.73 Å². The number of carbonyl (C=O) groups excluding carboxylic acids is 2. The summed E-state index contributed by atoms with van der Waals surface area (Å²) in [6, 6.07) is 0. The van der Waals surface area contributed by atoms with Gasteiger partial charge in [-0.05, 0) is 77.0 Å². The van der Waals surface area contributed by atoms with E-state index < -0.39 is 38.6 Å². The number of ether oxygens (including phenoxy) is 2. The van der Waals surface area contributed by atoms with Crippen LogP contribution in [0.15, 0.2) is 109 Å². The Labute approximate surface area is 338 Å². The fourth-order valence-electron chi connectivity index (χ4n) is 4.76. The van der Waals surface area contributed by atoms with Gasteiger partial charge in [0.05, 0.1) is 19.3 Å². The summed E-state index contributed by atoms with van der Waals surface area (Å²) in [6.07, 6.45) is 48.7. The number of allylic oxidation sites excluding steroid dienone is 16. The van der Waals surface area contributed by atoms with Crippen LogP contribution in [-0.4, -0.2) is 60.5 Å². The average molecular weight is 802 g/mol. The molecule has 0 bridgehead atoms. The molecule has 11 heteroatoms. The normalized spacial score (nSPS) is 15.0. The molecule has 316 valence electrons. The summed E-state index contributed by atoms with van der Waals surface area (Å²) in [5.74, 6) is -0.990. The van der Waals surface area contributed by atoms with E-state index in [0.717, 1.165) is 70.6 Å². The predicted molar refractivity (Wildman–Crippen MR) is 230 cm³/mol. The molecule has 0 aliphatic rings. The first-order valence-corrected chi connectivity index (χ1v) is 22.0. The topological polar surface area (TPSA) is 155 Å². The summed E-state index contributed by atoms with van der Waals surface area (Å²) >= 11 is 0. The van der Waals surface area contributed by atoms with Crippen LogP contribution in [0.4, 0.5) is 0 Å². The Kier molecular flexibility index (Phi) is 37.5. The first-order valence-electron chi connectivity index (χ1n) is 20.5. The van der Waals surface area contributed by atoms with Crippen molar-refractivity contribution >= 4 is 19.8 Å². The van der Waals surface area contributed by atoms with E-state index in [9.17, 15) is 24.2 Å². The maximum atomic E-state index is 12.6. The lowest BCUT2D eigenvalue weighted by atomic mass is 10.1. The Morgan fingerprint density at radius 1 is 0.625 bits per heavy atom. The van der Waals surface area contributed by atoms with Crippen molar-refractivity contribution in [2.45, 2.75) is 135 Å². The van der Waals surface area contributed by atoms with Gasteiger partial charge in [0.25, 0.3) is 0 Å². The summed E-state index contributed by atoms with van der Waals surface area (Å²) in [6.45, 7) is 3.28. The van der Waals surface area contributed by atoms with Crippen LogP contribution in [0.1, 0.15) is 123 Å².